The van der Waals surface area contributed by atoms with Gasteiger partial charge in [-0.15, -0.1) is 0 Å². The summed E-state index contributed by atoms with van der Waals surface area (Å²) in [5, 5.41) is 6.18. The summed E-state index contributed by atoms with van der Waals surface area (Å²) in [6.07, 6.45) is 0. The molecule has 136 valence electrons. The number of hydrogen-bond acceptors (Lipinski definition) is 3. The van der Waals surface area contributed by atoms with Crippen LogP contribution in [0.3, 0.4) is 0 Å². The molecule has 27 heavy (non-hydrogen) atoms. The van der Waals surface area contributed by atoms with Gasteiger partial charge < -0.3 is 15.4 Å². The van der Waals surface area contributed by atoms with E-state index in [1.165, 1.54) is 0 Å². The minimum Gasteiger partial charge on any atom is -0.497 e. The summed E-state index contributed by atoms with van der Waals surface area (Å²) in [6, 6.07) is 20.3. The van der Waals surface area contributed by atoms with E-state index in [2.05, 4.69) is 10.6 Å². The van der Waals surface area contributed by atoms with Crippen LogP contribution in [0.5, 0.6) is 5.75 Å². The highest BCUT2D eigenvalue weighted by atomic mass is 35.5. The Bertz CT molecular complexity index is 937. The number of rotatable bonds is 5. The maximum Gasteiger partial charge on any atom is 0.255 e. The molecule has 5 nitrogen and oxygen atoms in total. The fraction of sp³-hybridized carbons (Fsp3) is 0.0476. The van der Waals surface area contributed by atoms with Crippen LogP contribution < -0.4 is 15.4 Å². The van der Waals surface area contributed by atoms with Crippen molar-refractivity contribution in [2.45, 2.75) is 0 Å². The number of nitrogens with one attached hydrogen (secondary N) is 2. The van der Waals surface area contributed by atoms with Crippen LogP contribution in [0.1, 0.15) is 20.7 Å². The summed E-state index contributed by atoms with van der Waals surface area (Å²) >= 11 is 5.83. The number of hydrogen-bond donors (Lipinski definition) is 2. The molecule has 0 fully saturated rings. The van der Waals surface area contributed by atoms with Crippen LogP contribution >= 0.6 is 11.6 Å². The number of methoxy groups -OCH3 is 1. The number of benzene rings is 3. The van der Waals surface area contributed by atoms with Crippen molar-refractivity contribution >= 4 is 34.8 Å². The summed E-state index contributed by atoms with van der Waals surface area (Å²) in [6.45, 7) is 0. The van der Waals surface area contributed by atoms with Crippen molar-refractivity contribution in [3.8, 4) is 5.75 Å². The van der Waals surface area contributed by atoms with Crippen LogP contribution in [0.4, 0.5) is 11.4 Å². The fourth-order valence-corrected chi connectivity index (χ4v) is 2.51. The first-order chi connectivity index (χ1) is 13.0. The fourth-order valence-electron chi connectivity index (χ4n) is 2.39. The van der Waals surface area contributed by atoms with Crippen molar-refractivity contribution in [2.75, 3.05) is 17.7 Å². The first kappa shape index (κ1) is 18.5. The van der Waals surface area contributed by atoms with E-state index in [-0.39, 0.29) is 11.8 Å². The second kappa shape index (κ2) is 8.38. The molecule has 0 atom stereocenters. The Kier molecular flexibility index (Phi) is 5.74. The Hall–Kier alpha value is -3.31. The lowest BCUT2D eigenvalue weighted by atomic mass is 10.1. The molecule has 0 aliphatic rings. The molecule has 3 rings (SSSR count). The highest BCUT2D eigenvalue weighted by Crippen LogP contribution is 2.17. The van der Waals surface area contributed by atoms with Crippen molar-refractivity contribution in [3.05, 3.63) is 88.9 Å². The van der Waals surface area contributed by atoms with Gasteiger partial charge in [0.05, 0.1) is 7.11 Å². The van der Waals surface area contributed by atoms with Crippen molar-refractivity contribution in [1.82, 2.24) is 0 Å². The standard InChI is InChI=1S/C21H17ClN2O3/c1-27-19-12-4-15(5-13-19)21(26)23-17-8-2-14(3-9-17)20(25)24-18-10-6-16(22)7-11-18/h2-13H,1H3,(H,23,26)(H,24,25). The lowest BCUT2D eigenvalue weighted by Gasteiger charge is -2.08. The van der Waals surface area contributed by atoms with Crippen LogP contribution in [0.15, 0.2) is 72.8 Å². The van der Waals surface area contributed by atoms with E-state index in [4.69, 9.17) is 16.3 Å². The summed E-state index contributed by atoms with van der Waals surface area (Å²) in [4.78, 5) is 24.5. The van der Waals surface area contributed by atoms with E-state index < -0.39 is 0 Å². The highest BCUT2D eigenvalue weighted by Gasteiger charge is 2.09. The van der Waals surface area contributed by atoms with Crippen LogP contribution in [0, 0.1) is 0 Å². The number of carbonyl (C=O) groups excluding carboxylic acids is 2. The Balaban J connectivity index is 1.62. The van der Waals surface area contributed by atoms with Gasteiger partial charge in [0.25, 0.3) is 11.8 Å². The van der Waals surface area contributed by atoms with Gasteiger partial charge in [0.1, 0.15) is 5.75 Å². The molecule has 0 radical (unpaired) electrons. The summed E-state index contributed by atoms with van der Waals surface area (Å²) in [5.41, 5.74) is 2.24. The second-order valence-corrected chi connectivity index (χ2v) is 6.16. The minimum atomic E-state index is -0.245. The average molecular weight is 381 g/mol. The summed E-state index contributed by atoms with van der Waals surface area (Å²) in [5.74, 6) is 0.198. The molecule has 3 aromatic rings. The van der Waals surface area contributed by atoms with Crippen LogP contribution in [0.25, 0.3) is 0 Å². The topological polar surface area (TPSA) is 67.4 Å². The van der Waals surface area contributed by atoms with E-state index >= 15 is 0 Å². The maximum absolute atomic E-state index is 12.3. The molecule has 6 heteroatoms. The minimum absolute atomic E-state index is 0.240. The molecular formula is C21H17ClN2O3. The molecule has 0 heterocycles. The van der Waals surface area contributed by atoms with Crippen molar-refractivity contribution in [1.29, 1.82) is 0 Å². The SMILES string of the molecule is COc1ccc(C(=O)Nc2ccc(C(=O)Nc3ccc(Cl)cc3)cc2)cc1. The van der Waals surface area contributed by atoms with Crippen molar-refractivity contribution < 1.29 is 14.3 Å². The molecular weight excluding hydrogens is 364 g/mol. The lowest BCUT2D eigenvalue weighted by Crippen LogP contribution is -2.13. The van der Waals surface area contributed by atoms with Gasteiger partial charge in [-0.2, -0.15) is 0 Å². The third kappa shape index (κ3) is 4.86. The van der Waals surface area contributed by atoms with Gasteiger partial charge in [-0.3, -0.25) is 9.59 Å². The molecule has 0 aromatic heterocycles. The van der Waals surface area contributed by atoms with E-state index in [0.717, 1.165) is 0 Å². The molecule has 0 unspecified atom stereocenters. The van der Waals surface area contributed by atoms with Gasteiger partial charge in [0.15, 0.2) is 0 Å². The van der Waals surface area contributed by atoms with Gasteiger partial charge in [0, 0.05) is 27.5 Å². The van der Waals surface area contributed by atoms with Gasteiger partial charge in [0.2, 0.25) is 0 Å². The molecule has 3 aromatic carbocycles. The Morgan fingerprint density at radius 1 is 0.704 bits per heavy atom. The molecule has 0 spiro atoms. The molecule has 0 bridgehead atoms. The quantitative estimate of drug-likeness (QED) is 0.664. The van der Waals surface area contributed by atoms with E-state index in [0.29, 0.717) is 33.3 Å². The third-order valence-electron chi connectivity index (χ3n) is 3.86. The van der Waals surface area contributed by atoms with Crippen LogP contribution in [-0.2, 0) is 0 Å². The zero-order valence-corrected chi connectivity index (χ0v) is 15.3. The largest absolute Gasteiger partial charge is 0.497 e. The Morgan fingerprint density at radius 3 is 1.56 bits per heavy atom. The molecule has 0 aliphatic carbocycles. The highest BCUT2D eigenvalue weighted by molar-refractivity contribution is 6.30. The number of amides is 2. The molecule has 0 aliphatic heterocycles. The monoisotopic (exact) mass is 380 g/mol. The summed E-state index contributed by atoms with van der Waals surface area (Å²) in [7, 11) is 1.57. The number of anilines is 2. The lowest BCUT2D eigenvalue weighted by molar-refractivity contribution is 0.102. The van der Waals surface area contributed by atoms with Crippen molar-refractivity contribution in [2.24, 2.45) is 0 Å². The molecule has 0 saturated carbocycles. The zero-order chi connectivity index (χ0) is 19.2. The van der Waals surface area contributed by atoms with E-state index in [1.807, 2.05) is 0 Å². The van der Waals surface area contributed by atoms with E-state index in [1.54, 1.807) is 79.9 Å². The Labute approximate surface area is 161 Å². The Morgan fingerprint density at radius 2 is 1.11 bits per heavy atom. The van der Waals surface area contributed by atoms with Gasteiger partial charge in [-0.05, 0) is 72.8 Å². The normalized spacial score (nSPS) is 10.1. The van der Waals surface area contributed by atoms with Gasteiger partial charge in [-0.25, -0.2) is 0 Å². The predicted molar refractivity (Wildman–Crippen MR) is 107 cm³/mol. The zero-order valence-electron chi connectivity index (χ0n) is 14.5. The predicted octanol–water partition coefficient (Wildman–Crippen LogP) is 4.85. The van der Waals surface area contributed by atoms with Crippen LogP contribution in [0.2, 0.25) is 5.02 Å². The third-order valence-corrected chi connectivity index (χ3v) is 4.11. The average Bonchev–Trinajstić information content (AvgIpc) is 2.70. The first-order valence-electron chi connectivity index (χ1n) is 8.17. The van der Waals surface area contributed by atoms with Gasteiger partial charge >= 0.3 is 0 Å². The number of ether oxygens (including phenoxy) is 1. The number of carbonyl (C=O) groups is 2. The molecule has 0 saturated heterocycles. The second-order valence-electron chi connectivity index (χ2n) is 5.72. The van der Waals surface area contributed by atoms with Crippen LogP contribution in [-0.4, -0.2) is 18.9 Å². The first-order valence-corrected chi connectivity index (χ1v) is 8.55. The van der Waals surface area contributed by atoms with Gasteiger partial charge in [-0.1, -0.05) is 11.6 Å². The number of halogens is 1. The molecule has 2 N–H and O–H groups in total. The maximum atomic E-state index is 12.3. The van der Waals surface area contributed by atoms with E-state index in [9.17, 15) is 9.59 Å². The van der Waals surface area contributed by atoms with Crippen molar-refractivity contribution in [3.63, 3.8) is 0 Å². The summed E-state index contributed by atoms with van der Waals surface area (Å²) < 4.78 is 5.08. The smallest absolute Gasteiger partial charge is 0.255 e. The molecule has 2 amide bonds.